The van der Waals surface area contributed by atoms with Gasteiger partial charge in [-0.3, -0.25) is 4.90 Å². The Bertz CT molecular complexity index is 328. The molecule has 0 atom stereocenters. The first-order valence-corrected chi connectivity index (χ1v) is 6.90. The second-order valence-corrected chi connectivity index (χ2v) is 4.57. The number of hydrogen-bond donors (Lipinski definition) is 1. The molecule has 0 spiro atoms. The van der Waals surface area contributed by atoms with Crippen LogP contribution in [0.4, 0.5) is 5.69 Å². The van der Waals surface area contributed by atoms with Gasteiger partial charge in [0.05, 0.1) is 0 Å². The minimum Gasteiger partial charge on any atom is -0.399 e. The Morgan fingerprint density at radius 2 is 2.06 bits per heavy atom. The lowest BCUT2D eigenvalue weighted by atomic mass is 10.2. The number of anilines is 1. The normalized spacial score (nSPS) is 11.1. The second-order valence-electron chi connectivity index (χ2n) is 4.57. The van der Waals surface area contributed by atoms with Gasteiger partial charge in [0.25, 0.3) is 0 Å². The first-order valence-electron chi connectivity index (χ1n) is 6.90. The molecular weight excluding hydrogens is 224 g/mol. The van der Waals surface area contributed by atoms with E-state index in [-0.39, 0.29) is 0 Å². The summed E-state index contributed by atoms with van der Waals surface area (Å²) in [5.41, 5.74) is 7.95. The maximum Gasteiger partial charge on any atom is 0.0478 e. The lowest BCUT2D eigenvalue weighted by Crippen LogP contribution is -2.26. The van der Waals surface area contributed by atoms with Gasteiger partial charge in [-0.05, 0) is 44.0 Å². The Morgan fingerprint density at radius 3 is 2.72 bits per heavy atom. The van der Waals surface area contributed by atoms with Crippen molar-refractivity contribution in [2.45, 2.75) is 33.2 Å². The van der Waals surface area contributed by atoms with Crippen LogP contribution in [-0.2, 0) is 11.3 Å². The molecular formula is C15H26N2O. The van der Waals surface area contributed by atoms with Crippen LogP contribution in [-0.4, -0.2) is 31.2 Å². The van der Waals surface area contributed by atoms with Crippen LogP contribution in [0.3, 0.4) is 0 Å². The van der Waals surface area contributed by atoms with E-state index in [2.05, 4.69) is 24.0 Å². The highest BCUT2D eigenvalue weighted by Gasteiger charge is 2.05. The van der Waals surface area contributed by atoms with Crippen LogP contribution < -0.4 is 5.73 Å². The van der Waals surface area contributed by atoms with E-state index in [1.807, 2.05) is 19.1 Å². The van der Waals surface area contributed by atoms with Gasteiger partial charge >= 0.3 is 0 Å². The maximum atomic E-state index is 5.81. The molecule has 0 aliphatic rings. The van der Waals surface area contributed by atoms with Gasteiger partial charge in [-0.25, -0.2) is 0 Å². The van der Waals surface area contributed by atoms with Crippen LogP contribution in [0.5, 0.6) is 0 Å². The molecule has 2 N–H and O–H groups in total. The SMILES string of the molecule is CCCN(CCCOCC)Cc1cccc(N)c1. The van der Waals surface area contributed by atoms with Gasteiger partial charge in [0.1, 0.15) is 0 Å². The number of nitrogens with zero attached hydrogens (tertiary/aromatic N) is 1. The molecule has 0 aliphatic carbocycles. The summed E-state index contributed by atoms with van der Waals surface area (Å²) in [7, 11) is 0. The molecule has 18 heavy (non-hydrogen) atoms. The van der Waals surface area contributed by atoms with E-state index in [1.165, 1.54) is 12.0 Å². The molecule has 0 saturated carbocycles. The van der Waals surface area contributed by atoms with Crippen LogP contribution in [0.25, 0.3) is 0 Å². The van der Waals surface area contributed by atoms with Crippen LogP contribution >= 0.6 is 0 Å². The van der Waals surface area contributed by atoms with Crippen molar-refractivity contribution < 1.29 is 4.74 Å². The summed E-state index contributed by atoms with van der Waals surface area (Å²) >= 11 is 0. The zero-order valence-electron chi connectivity index (χ0n) is 11.7. The van der Waals surface area contributed by atoms with Crippen molar-refractivity contribution in [3.63, 3.8) is 0 Å². The zero-order chi connectivity index (χ0) is 13.2. The molecule has 3 nitrogen and oxygen atoms in total. The van der Waals surface area contributed by atoms with Gasteiger partial charge < -0.3 is 10.5 Å². The van der Waals surface area contributed by atoms with E-state index in [0.717, 1.165) is 45.0 Å². The highest BCUT2D eigenvalue weighted by Crippen LogP contribution is 2.10. The minimum atomic E-state index is 0.809. The number of nitrogens with two attached hydrogens (primary N) is 1. The van der Waals surface area contributed by atoms with Gasteiger partial charge in [0.2, 0.25) is 0 Å². The summed E-state index contributed by atoms with van der Waals surface area (Å²) in [5, 5.41) is 0. The summed E-state index contributed by atoms with van der Waals surface area (Å²) in [6.45, 7) is 9.11. The Kier molecular flexibility index (Phi) is 7.46. The summed E-state index contributed by atoms with van der Waals surface area (Å²) < 4.78 is 5.38. The zero-order valence-corrected chi connectivity index (χ0v) is 11.7. The molecule has 0 heterocycles. The number of benzene rings is 1. The van der Waals surface area contributed by atoms with Crippen LogP contribution in [0.15, 0.2) is 24.3 Å². The third-order valence-electron chi connectivity index (χ3n) is 2.86. The van der Waals surface area contributed by atoms with Gasteiger partial charge in [-0.15, -0.1) is 0 Å². The Labute approximate surface area is 111 Å². The Morgan fingerprint density at radius 1 is 1.22 bits per heavy atom. The number of nitrogen functional groups attached to an aromatic ring is 1. The first kappa shape index (κ1) is 15.0. The van der Waals surface area contributed by atoms with Crippen molar-refractivity contribution >= 4 is 5.69 Å². The van der Waals surface area contributed by atoms with E-state index in [9.17, 15) is 0 Å². The molecule has 0 radical (unpaired) electrons. The fourth-order valence-electron chi connectivity index (χ4n) is 2.07. The quantitative estimate of drug-likeness (QED) is 0.541. The first-order chi connectivity index (χ1) is 8.76. The largest absolute Gasteiger partial charge is 0.399 e. The topological polar surface area (TPSA) is 38.5 Å². The van der Waals surface area contributed by atoms with Crippen LogP contribution in [0.1, 0.15) is 32.3 Å². The van der Waals surface area contributed by atoms with Crippen molar-refractivity contribution in [2.24, 2.45) is 0 Å². The molecule has 0 amide bonds. The fourth-order valence-corrected chi connectivity index (χ4v) is 2.07. The summed E-state index contributed by atoms with van der Waals surface area (Å²) in [5.74, 6) is 0. The highest BCUT2D eigenvalue weighted by atomic mass is 16.5. The summed E-state index contributed by atoms with van der Waals surface area (Å²) in [6, 6.07) is 8.16. The average molecular weight is 250 g/mol. The van der Waals surface area contributed by atoms with Crippen LogP contribution in [0.2, 0.25) is 0 Å². The second kappa shape index (κ2) is 8.95. The number of ether oxygens (including phenoxy) is 1. The van der Waals surface area contributed by atoms with Gasteiger partial charge in [-0.2, -0.15) is 0 Å². The predicted octanol–water partition coefficient (Wildman–Crippen LogP) is 2.91. The van der Waals surface area contributed by atoms with E-state index in [1.54, 1.807) is 0 Å². The Balaban J connectivity index is 2.41. The number of hydrogen-bond acceptors (Lipinski definition) is 3. The van der Waals surface area contributed by atoms with Gasteiger partial charge in [-0.1, -0.05) is 19.1 Å². The molecule has 0 bridgehead atoms. The molecule has 102 valence electrons. The highest BCUT2D eigenvalue weighted by molar-refractivity contribution is 5.40. The van der Waals surface area contributed by atoms with Crippen molar-refractivity contribution in [3.05, 3.63) is 29.8 Å². The number of rotatable bonds is 9. The fraction of sp³-hybridized carbons (Fsp3) is 0.600. The minimum absolute atomic E-state index is 0.809. The molecule has 0 saturated heterocycles. The Hall–Kier alpha value is -1.06. The summed E-state index contributed by atoms with van der Waals surface area (Å²) in [6.07, 6.45) is 2.27. The molecule has 0 aromatic heterocycles. The third-order valence-corrected chi connectivity index (χ3v) is 2.86. The standard InChI is InChI=1S/C15H26N2O/c1-3-9-17(10-6-11-18-4-2)13-14-7-5-8-15(16)12-14/h5,7-8,12H,3-4,6,9-11,13,16H2,1-2H3. The van der Waals surface area contributed by atoms with Gasteiger partial charge in [0.15, 0.2) is 0 Å². The smallest absolute Gasteiger partial charge is 0.0478 e. The molecule has 0 aliphatic heterocycles. The van der Waals surface area contributed by atoms with Crippen molar-refractivity contribution in [1.29, 1.82) is 0 Å². The van der Waals surface area contributed by atoms with E-state index < -0.39 is 0 Å². The molecule has 1 aromatic rings. The maximum absolute atomic E-state index is 5.81. The van der Waals surface area contributed by atoms with E-state index in [4.69, 9.17) is 10.5 Å². The lowest BCUT2D eigenvalue weighted by Gasteiger charge is -2.21. The average Bonchev–Trinajstić information content (AvgIpc) is 2.35. The van der Waals surface area contributed by atoms with Gasteiger partial charge in [0, 0.05) is 32.0 Å². The van der Waals surface area contributed by atoms with E-state index >= 15 is 0 Å². The molecule has 3 heteroatoms. The lowest BCUT2D eigenvalue weighted by molar-refractivity contribution is 0.130. The van der Waals surface area contributed by atoms with Crippen molar-refractivity contribution in [1.82, 2.24) is 4.90 Å². The van der Waals surface area contributed by atoms with Crippen molar-refractivity contribution in [2.75, 3.05) is 32.0 Å². The third kappa shape index (κ3) is 6.03. The van der Waals surface area contributed by atoms with E-state index in [0.29, 0.717) is 0 Å². The molecule has 0 fully saturated rings. The molecule has 1 aromatic carbocycles. The molecule has 0 unspecified atom stereocenters. The summed E-state index contributed by atoms with van der Waals surface area (Å²) in [4.78, 5) is 2.47. The monoisotopic (exact) mass is 250 g/mol. The predicted molar refractivity (Wildman–Crippen MR) is 77.5 cm³/mol. The molecule has 1 rings (SSSR count). The van der Waals surface area contributed by atoms with Crippen LogP contribution in [0, 0.1) is 0 Å². The van der Waals surface area contributed by atoms with Crippen molar-refractivity contribution in [3.8, 4) is 0 Å².